The van der Waals surface area contributed by atoms with Crippen LogP contribution in [0.25, 0.3) is 5.69 Å². The number of benzene rings is 1. The standard InChI is InChI=1S/C11H12IN3/c1-13-6-9-2-4-11(5-3-9)15-8-10(12)7-14-15/h2-5,7-8,13H,6H2,1H3. The molecule has 2 rings (SSSR count). The molecular formula is C11H12IN3. The minimum atomic E-state index is 0.900. The van der Waals surface area contributed by atoms with Crippen molar-refractivity contribution in [1.29, 1.82) is 0 Å². The average molecular weight is 313 g/mol. The molecule has 0 aliphatic heterocycles. The molecule has 0 fully saturated rings. The monoisotopic (exact) mass is 313 g/mol. The summed E-state index contributed by atoms with van der Waals surface area (Å²) in [5.74, 6) is 0. The summed E-state index contributed by atoms with van der Waals surface area (Å²) in [5.41, 5.74) is 2.38. The van der Waals surface area contributed by atoms with Gasteiger partial charge >= 0.3 is 0 Å². The van der Waals surface area contributed by atoms with Gasteiger partial charge in [-0.05, 0) is 47.3 Å². The Kier molecular flexibility index (Phi) is 3.37. The normalized spacial score (nSPS) is 10.5. The molecule has 1 heterocycles. The van der Waals surface area contributed by atoms with Gasteiger partial charge in [-0.1, -0.05) is 12.1 Å². The second-order valence-electron chi connectivity index (χ2n) is 3.30. The smallest absolute Gasteiger partial charge is 0.0646 e. The van der Waals surface area contributed by atoms with Crippen molar-refractivity contribution >= 4 is 22.6 Å². The summed E-state index contributed by atoms with van der Waals surface area (Å²) in [6.07, 6.45) is 3.86. The zero-order valence-electron chi connectivity index (χ0n) is 8.44. The Bertz CT molecular complexity index is 433. The molecule has 15 heavy (non-hydrogen) atoms. The number of hydrogen-bond donors (Lipinski definition) is 1. The van der Waals surface area contributed by atoms with Crippen LogP contribution in [0.1, 0.15) is 5.56 Å². The van der Waals surface area contributed by atoms with Gasteiger partial charge in [0.25, 0.3) is 0 Å². The fraction of sp³-hybridized carbons (Fsp3) is 0.182. The lowest BCUT2D eigenvalue weighted by Gasteiger charge is -2.03. The van der Waals surface area contributed by atoms with Crippen molar-refractivity contribution in [1.82, 2.24) is 15.1 Å². The molecule has 3 nitrogen and oxygen atoms in total. The summed E-state index contributed by atoms with van der Waals surface area (Å²) in [4.78, 5) is 0. The van der Waals surface area contributed by atoms with Crippen molar-refractivity contribution in [2.24, 2.45) is 0 Å². The number of hydrogen-bond acceptors (Lipinski definition) is 2. The number of aromatic nitrogens is 2. The van der Waals surface area contributed by atoms with E-state index in [0.29, 0.717) is 0 Å². The predicted octanol–water partition coefficient (Wildman–Crippen LogP) is 2.20. The third-order valence-corrected chi connectivity index (χ3v) is 2.69. The fourth-order valence-corrected chi connectivity index (χ4v) is 1.80. The number of nitrogens with one attached hydrogen (secondary N) is 1. The van der Waals surface area contributed by atoms with Crippen molar-refractivity contribution < 1.29 is 0 Å². The second kappa shape index (κ2) is 4.76. The SMILES string of the molecule is CNCc1ccc(-n2cc(I)cn2)cc1. The van der Waals surface area contributed by atoms with E-state index in [1.807, 2.05) is 24.1 Å². The molecule has 0 unspecified atom stereocenters. The van der Waals surface area contributed by atoms with Crippen LogP contribution in [0.4, 0.5) is 0 Å². The lowest BCUT2D eigenvalue weighted by Crippen LogP contribution is -2.05. The molecule has 0 atom stereocenters. The van der Waals surface area contributed by atoms with Crippen LogP contribution in [0, 0.1) is 3.57 Å². The molecule has 1 aromatic heterocycles. The van der Waals surface area contributed by atoms with Gasteiger partial charge in [-0.25, -0.2) is 4.68 Å². The molecule has 0 saturated carbocycles. The highest BCUT2D eigenvalue weighted by molar-refractivity contribution is 14.1. The van der Waals surface area contributed by atoms with E-state index in [1.165, 1.54) is 5.56 Å². The Morgan fingerprint density at radius 1 is 1.33 bits per heavy atom. The van der Waals surface area contributed by atoms with E-state index in [9.17, 15) is 0 Å². The predicted molar refractivity (Wildman–Crippen MR) is 69.0 cm³/mol. The maximum absolute atomic E-state index is 4.26. The molecule has 0 bridgehead atoms. The van der Waals surface area contributed by atoms with Crippen LogP contribution < -0.4 is 5.32 Å². The number of halogens is 1. The first kappa shape index (κ1) is 10.6. The summed E-state index contributed by atoms with van der Waals surface area (Å²) in [6.45, 7) is 0.900. The summed E-state index contributed by atoms with van der Waals surface area (Å²) in [5, 5.41) is 7.38. The van der Waals surface area contributed by atoms with Gasteiger partial charge in [-0.15, -0.1) is 0 Å². The Morgan fingerprint density at radius 2 is 2.07 bits per heavy atom. The molecule has 0 amide bonds. The zero-order chi connectivity index (χ0) is 10.7. The highest BCUT2D eigenvalue weighted by atomic mass is 127. The summed E-state index contributed by atoms with van der Waals surface area (Å²) < 4.78 is 3.03. The van der Waals surface area contributed by atoms with Crippen molar-refractivity contribution in [3.63, 3.8) is 0 Å². The molecule has 1 aromatic carbocycles. The second-order valence-corrected chi connectivity index (χ2v) is 4.55. The van der Waals surface area contributed by atoms with Crippen molar-refractivity contribution in [3.05, 3.63) is 45.8 Å². The van der Waals surface area contributed by atoms with E-state index in [1.54, 1.807) is 0 Å². The molecule has 0 aliphatic rings. The molecule has 78 valence electrons. The van der Waals surface area contributed by atoms with Gasteiger partial charge in [-0.3, -0.25) is 0 Å². The summed E-state index contributed by atoms with van der Waals surface area (Å²) in [7, 11) is 1.95. The van der Waals surface area contributed by atoms with Crippen molar-refractivity contribution in [3.8, 4) is 5.69 Å². The third kappa shape index (κ3) is 2.57. The maximum atomic E-state index is 4.26. The first-order valence-corrected chi connectivity index (χ1v) is 5.81. The molecular weight excluding hydrogens is 301 g/mol. The van der Waals surface area contributed by atoms with Crippen LogP contribution in [-0.4, -0.2) is 16.8 Å². The van der Waals surface area contributed by atoms with Crippen molar-refractivity contribution in [2.75, 3.05) is 7.05 Å². The first-order chi connectivity index (χ1) is 7.29. The first-order valence-electron chi connectivity index (χ1n) is 4.73. The maximum Gasteiger partial charge on any atom is 0.0646 e. The van der Waals surface area contributed by atoms with E-state index in [-0.39, 0.29) is 0 Å². The fourth-order valence-electron chi connectivity index (χ4n) is 1.41. The van der Waals surface area contributed by atoms with Crippen LogP contribution in [0.15, 0.2) is 36.7 Å². The lowest BCUT2D eigenvalue weighted by molar-refractivity contribution is 0.815. The van der Waals surface area contributed by atoms with E-state index in [4.69, 9.17) is 0 Å². The van der Waals surface area contributed by atoms with E-state index in [2.05, 4.69) is 57.3 Å². The topological polar surface area (TPSA) is 29.9 Å². The molecule has 0 saturated heterocycles. The largest absolute Gasteiger partial charge is 0.316 e. The lowest BCUT2D eigenvalue weighted by atomic mass is 10.2. The van der Waals surface area contributed by atoms with E-state index >= 15 is 0 Å². The summed E-state index contributed by atoms with van der Waals surface area (Å²) >= 11 is 2.25. The van der Waals surface area contributed by atoms with Crippen LogP contribution in [0.2, 0.25) is 0 Å². The Labute approximate surface area is 103 Å². The summed E-state index contributed by atoms with van der Waals surface area (Å²) in [6, 6.07) is 8.38. The Balaban J connectivity index is 2.23. The number of rotatable bonds is 3. The van der Waals surface area contributed by atoms with E-state index < -0.39 is 0 Å². The minimum absolute atomic E-state index is 0.900. The van der Waals surface area contributed by atoms with Crippen LogP contribution in [0.5, 0.6) is 0 Å². The van der Waals surface area contributed by atoms with E-state index in [0.717, 1.165) is 15.8 Å². The zero-order valence-corrected chi connectivity index (χ0v) is 10.6. The van der Waals surface area contributed by atoms with Gasteiger partial charge in [0.2, 0.25) is 0 Å². The molecule has 4 heteroatoms. The third-order valence-electron chi connectivity index (χ3n) is 2.13. The molecule has 1 N–H and O–H groups in total. The molecule has 0 radical (unpaired) electrons. The minimum Gasteiger partial charge on any atom is -0.316 e. The van der Waals surface area contributed by atoms with Gasteiger partial charge in [0, 0.05) is 12.7 Å². The quantitative estimate of drug-likeness (QED) is 0.881. The number of nitrogens with zero attached hydrogens (tertiary/aromatic N) is 2. The molecule has 0 spiro atoms. The molecule has 0 aliphatic carbocycles. The van der Waals surface area contributed by atoms with Gasteiger partial charge in [-0.2, -0.15) is 5.10 Å². The molecule has 2 aromatic rings. The highest BCUT2D eigenvalue weighted by Crippen LogP contribution is 2.11. The van der Waals surface area contributed by atoms with Gasteiger partial charge < -0.3 is 5.32 Å². The van der Waals surface area contributed by atoms with Crippen molar-refractivity contribution in [2.45, 2.75) is 6.54 Å². The van der Waals surface area contributed by atoms with Crippen LogP contribution in [-0.2, 0) is 6.54 Å². The van der Waals surface area contributed by atoms with Gasteiger partial charge in [0.1, 0.15) is 0 Å². The van der Waals surface area contributed by atoms with Gasteiger partial charge in [0.15, 0.2) is 0 Å². The highest BCUT2D eigenvalue weighted by Gasteiger charge is 1.98. The van der Waals surface area contributed by atoms with Crippen LogP contribution >= 0.6 is 22.6 Å². The van der Waals surface area contributed by atoms with Crippen LogP contribution in [0.3, 0.4) is 0 Å². The average Bonchev–Trinajstić information content (AvgIpc) is 2.67. The Hall–Kier alpha value is -0.880. The van der Waals surface area contributed by atoms with Gasteiger partial charge in [0.05, 0.1) is 15.5 Å². The Morgan fingerprint density at radius 3 is 2.60 bits per heavy atom.